The Morgan fingerprint density at radius 3 is 2.49 bits per heavy atom. The molecule has 8 nitrogen and oxygen atoms in total. The molecule has 1 aliphatic carbocycles. The zero-order chi connectivity index (χ0) is 26.9. The lowest BCUT2D eigenvalue weighted by Gasteiger charge is -2.40. The Balaban J connectivity index is 1.56. The van der Waals surface area contributed by atoms with Gasteiger partial charge in [-0.3, -0.25) is 14.6 Å². The van der Waals surface area contributed by atoms with Crippen LogP contribution in [0.25, 0.3) is 0 Å². The number of rotatable bonds is 8. The molecule has 2 heterocycles. The summed E-state index contributed by atoms with van der Waals surface area (Å²) in [5, 5.41) is 3.44. The average Bonchev–Trinajstić information content (AvgIpc) is 3.26. The van der Waals surface area contributed by atoms with Gasteiger partial charge in [-0.2, -0.15) is 0 Å². The first kappa shape index (κ1) is 27.2. The van der Waals surface area contributed by atoms with Crippen LogP contribution in [0.15, 0.2) is 21.9 Å². The lowest BCUT2D eigenvalue weighted by molar-refractivity contribution is 0.0950. The van der Waals surface area contributed by atoms with E-state index in [2.05, 4.69) is 46.1 Å². The summed E-state index contributed by atoms with van der Waals surface area (Å²) >= 11 is 6.54. The van der Waals surface area contributed by atoms with Crippen molar-refractivity contribution in [2.75, 3.05) is 32.6 Å². The molecule has 0 bridgehead atoms. The fourth-order valence-electron chi connectivity index (χ4n) is 5.71. The second kappa shape index (κ2) is 11.3. The number of methoxy groups -OCH3 is 1. The van der Waals surface area contributed by atoms with Crippen molar-refractivity contribution in [3.63, 3.8) is 0 Å². The number of amides is 1. The van der Waals surface area contributed by atoms with Crippen molar-refractivity contribution in [3.05, 3.63) is 55.3 Å². The van der Waals surface area contributed by atoms with Gasteiger partial charge < -0.3 is 24.8 Å². The van der Waals surface area contributed by atoms with Gasteiger partial charge in [-0.15, -0.1) is 0 Å². The number of benzene rings is 1. The maximum Gasteiger partial charge on any atom is 0.251 e. The molecule has 9 heteroatoms. The Kier molecular flexibility index (Phi) is 8.29. The van der Waals surface area contributed by atoms with Crippen LogP contribution < -0.4 is 20.4 Å². The fourth-order valence-corrected chi connectivity index (χ4v) is 5.92. The molecule has 1 aromatic carbocycles. The topological polar surface area (TPSA) is 90.0 Å². The number of ether oxygens (including phenoxy) is 1. The van der Waals surface area contributed by atoms with E-state index in [0.29, 0.717) is 51.9 Å². The van der Waals surface area contributed by atoms with Gasteiger partial charge in [0.25, 0.3) is 5.91 Å². The molecule has 4 rings (SSSR count). The van der Waals surface area contributed by atoms with E-state index in [-0.39, 0.29) is 17.9 Å². The summed E-state index contributed by atoms with van der Waals surface area (Å²) in [6, 6.07) is 4.69. The highest BCUT2D eigenvalue weighted by Gasteiger charge is 2.28. The van der Waals surface area contributed by atoms with E-state index in [9.17, 15) is 9.59 Å². The highest BCUT2D eigenvalue weighted by atomic mass is 35.5. The molecule has 200 valence electrons. The Bertz CT molecular complexity index is 1260. The molecule has 1 aromatic heterocycles. The predicted molar refractivity (Wildman–Crippen MR) is 150 cm³/mol. The molecule has 0 spiro atoms. The molecule has 1 fully saturated rings. The van der Waals surface area contributed by atoms with Gasteiger partial charge in [-0.25, -0.2) is 0 Å². The highest BCUT2D eigenvalue weighted by molar-refractivity contribution is 6.31. The van der Waals surface area contributed by atoms with Crippen molar-refractivity contribution in [1.82, 2.24) is 15.2 Å². The van der Waals surface area contributed by atoms with E-state index in [1.165, 1.54) is 7.11 Å². The average molecular weight is 528 g/mol. The summed E-state index contributed by atoms with van der Waals surface area (Å²) in [6.07, 6.45) is 4.52. The van der Waals surface area contributed by atoms with E-state index in [1.54, 1.807) is 6.07 Å². The molecular formula is C28H38ClN5O3. The predicted octanol–water partition coefficient (Wildman–Crippen LogP) is 4.30. The maximum absolute atomic E-state index is 13.4. The van der Waals surface area contributed by atoms with Crippen LogP contribution in [0.1, 0.15) is 72.3 Å². The van der Waals surface area contributed by atoms with Crippen molar-refractivity contribution in [2.45, 2.75) is 71.6 Å². The zero-order valence-electron chi connectivity index (χ0n) is 22.7. The second-order valence-electron chi connectivity index (χ2n) is 10.2. The number of H-pyrrole nitrogens is 1. The molecule has 1 amide bonds. The molecule has 1 aliphatic heterocycles. The van der Waals surface area contributed by atoms with Gasteiger partial charge in [0.1, 0.15) is 0 Å². The number of nitrogens with zero attached hydrogens (tertiary/aromatic N) is 3. The largest absolute Gasteiger partial charge is 0.482 e. The fraction of sp³-hybridized carbons (Fsp3) is 0.536. The van der Waals surface area contributed by atoms with Crippen molar-refractivity contribution < 1.29 is 9.53 Å². The zero-order valence-corrected chi connectivity index (χ0v) is 23.5. The Labute approximate surface area is 224 Å². The SMILES string of the molecule is CCN(c1cc(Cl)cc(C(=O)NCc2c(OC)[nH]c3c(c2=O)CN=C3C)c1C)C1CCC(N(C)C)CC1. The Morgan fingerprint density at radius 2 is 1.86 bits per heavy atom. The number of aliphatic imine (C=N–C) groups is 1. The van der Waals surface area contributed by atoms with Crippen molar-refractivity contribution in [2.24, 2.45) is 4.99 Å². The molecule has 0 radical (unpaired) electrons. The first-order valence-corrected chi connectivity index (χ1v) is 13.4. The van der Waals surface area contributed by atoms with Gasteiger partial charge in [-0.1, -0.05) is 11.6 Å². The van der Waals surface area contributed by atoms with Crippen molar-refractivity contribution in [1.29, 1.82) is 0 Å². The molecule has 0 unspecified atom stereocenters. The van der Waals surface area contributed by atoms with Crippen molar-refractivity contribution in [3.8, 4) is 5.88 Å². The molecule has 2 N–H and O–H groups in total. The van der Waals surface area contributed by atoms with Crippen LogP contribution in [-0.2, 0) is 13.1 Å². The number of anilines is 1. The summed E-state index contributed by atoms with van der Waals surface area (Å²) < 4.78 is 5.44. The second-order valence-corrected chi connectivity index (χ2v) is 10.6. The number of carbonyl (C=O) groups is 1. The molecule has 2 aromatic rings. The minimum Gasteiger partial charge on any atom is -0.482 e. The standard InChI is InChI=1S/C28H38ClN5O3/c1-7-34(20-10-8-19(9-11-20)33(4)5)24-13-18(29)12-21(16(24)2)27(36)31-15-23-26(35)22-14-30-17(3)25(22)32-28(23)37-6/h12-13,19-20H,7-11,14-15H2,1-6H3,(H,31,36)(H,32,35). The van der Waals surface area contributed by atoms with Gasteiger partial charge in [0, 0.05) is 40.5 Å². The third-order valence-electron chi connectivity index (χ3n) is 7.91. The molecule has 37 heavy (non-hydrogen) atoms. The van der Waals surface area contributed by atoms with Crippen LogP contribution in [0.3, 0.4) is 0 Å². The number of fused-ring (bicyclic) bond motifs is 1. The van der Waals surface area contributed by atoms with Gasteiger partial charge >= 0.3 is 0 Å². The quantitative estimate of drug-likeness (QED) is 0.534. The molecule has 1 saturated carbocycles. The first-order chi connectivity index (χ1) is 17.7. The van der Waals surface area contributed by atoms with Crippen LogP contribution in [-0.4, -0.2) is 61.3 Å². The third-order valence-corrected chi connectivity index (χ3v) is 8.12. The molecular weight excluding hydrogens is 490 g/mol. The first-order valence-electron chi connectivity index (χ1n) is 13.0. The van der Waals surface area contributed by atoms with Crippen LogP contribution in [0.2, 0.25) is 5.02 Å². The minimum atomic E-state index is -0.275. The Hall–Kier alpha value is -2.84. The summed E-state index contributed by atoms with van der Waals surface area (Å²) in [4.78, 5) is 38.7. The lowest BCUT2D eigenvalue weighted by atomic mass is 9.89. The molecule has 2 aliphatic rings. The van der Waals surface area contributed by atoms with Crippen LogP contribution >= 0.6 is 11.6 Å². The molecule has 0 saturated heterocycles. The van der Waals surface area contributed by atoms with Gasteiger partial charge in [-0.05, 0) is 78.2 Å². The number of nitrogens with one attached hydrogen (secondary N) is 2. The van der Waals surface area contributed by atoms with Crippen LogP contribution in [0, 0.1) is 6.92 Å². The molecule has 0 atom stereocenters. The summed E-state index contributed by atoms with van der Waals surface area (Å²) in [5.74, 6) is 0.0671. The number of hydrogen-bond donors (Lipinski definition) is 2. The number of pyridine rings is 1. The number of carbonyl (C=O) groups excluding carboxylic acids is 1. The highest BCUT2D eigenvalue weighted by Crippen LogP contribution is 2.34. The number of aromatic nitrogens is 1. The van der Waals surface area contributed by atoms with Crippen LogP contribution in [0.4, 0.5) is 5.69 Å². The van der Waals surface area contributed by atoms with Gasteiger partial charge in [0.05, 0.1) is 37.2 Å². The summed E-state index contributed by atoms with van der Waals surface area (Å²) in [6.45, 7) is 7.18. The van der Waals surface area contributed by atoms with Crippen LogP contribution in [0.5, 0.6) is 5.88 Å². The number of aromatic amines is 1. The monoisotopic (exact) mass is 527 g/mol. The summed E-state index contributed by atoms with van der Waals surface area (Å²) in [7, 11) is 5.80. The smallest absolute Gasteiger partial charge is 0.251 e. The maximum atomic E-state index is 13.4. The summed E-state index contributed by atoms with van der Waals surface area (Å²) in [5.41, 5.74) is 4.70. The number of halogens is 1. The van der Waals surface area contributed by atoms with E-state index < -0.39 is 0 Å². The van der Waals surface area contributed by atoms with Crippen molar-refractivity contribution >= 4 is 28.9 Å². The van der Waals surface area contributed by atoms with E-state index in [1.807, 2.05) is 19.9 Å². The number of hydrogen-bond acceptors (Lipinski definition) is 6. The van der Waals surface area contributed by atoms with E-state index in [0.717, 1.165) is 49.2 Å². The normalized spacial score (nSPS) is 19.0. The van der Waals surface area contributed by atoms with E-state index >= 15 is 0 Å². The third kappa shape index (κ3) is 5.41. The van der Waals surface area contributed by atoms with Gasteiger partial charge in [0.2, 0.25) is 0 Å². The Morgan fingerprint density at radius 1 is 1.19 bits per heavy atom. The minimum absolute atomic E-state index is 0.0387. The van der Waals surface area contributed by atoms with Gasteiger partial charge in [0.15, 0.2) is 11.3 Å². The lowest BCUT2D eigenvalue weighted by Crippen LogP contribution is -2.42. The van der Waals surface area contributed by atoms with E-state index in [4.69, 9.17) is 16.3 Å².